The maximum Gasteiger partial charge on any atom is 0.264 e. The summed E-state index contributed by atoms with van der Waals surface area (Å²) in [7, 11) is -0.450. The van der Waals surface area contributed by atoms with Crippen molar-refractivity contribution < 1.29 is 12.8 Å². The van der Waals surface area contributed by atoms with Gasteiger partial charge in [0.1, 0.15) is 5.82 Å². The van der Waals surface area contributed by atoms with Gasteiger partial charge in [0.05, 0.1) is 10.6 Å². The SMILES string of the molecule is CNc1ccc(S(=O)(=O)N(C)c2ccc(F)cc2)cc1. The average molecular weight is 294 g/mol. The summed E-state index contributed by atoms with van der Waals surface area (Å²) in [5, 5.41) is 2.92. The van der Waals surface area contributed by atoms with Gasteiger partial charge in [-0.05, 0) is 48.5 Å². The summed E-state index contributed by atoms with van der Waals surface area (Å²) < 4.78 is 38.9. The van der Waals surface area contributed by atoms with E-state index >= 15 is 0 Å². The second-order valence-corrected chi connectivity index (χ2v) is 6.19. The molecule has 0 saturated carbocycles. The molecule has 0 fully saturated rings. The number of sulfonamides is 1. The highest BCUT2D eigenvalue weighted by atomic mass is 32.2. The largest absolute Gasteiger partial charge is 0.388 e. The van der Waals surface area contributed by atoms with E-state index in [1.54, 1.807) is 19.2 Å². The highest BCUT2D eigenvalue weighted by molar-refractivity contribution is 7.92. The molecule has 2 aromatic rings. The summed E-state index contributed by atoms with van der Waals surface area (Å²) in [6, 6.07) is 11.7. The Bertz CT molecular complexity index is 682. The zero-order chi connectivity index (χ0) is 14.8. The number of nitrogens with zero attached hydrogens (tertiary/aromatic N) is 1. The van der Waals surface area contributed by atoms with Crippen LogP contribution in [0, 0.1) is 5.82 Å². The number of nitrogens with one attached hydrogen (secondary N) is 1. The Kier molecular flexibility index (Phi) is 3.94. The van der Waals surface area contributed by atoms with Gasteiger partial charge in [0, 0.05) is 19.8 Å². The number of halogens is 1. The molecule has 1 N–H and O–H groups in total. The molecule has 0 aliphatic rings. The van der Waals surface area contributed by atoms with Crippen molar-refractivity contribution in [3.8, 4) is 0 Å². The van der Waals surface area contributed by atoms with Gasteiger partial charge < -0.3 is 5.32 Å². The summed E-state index contributed by atoms with van der Waals surface area (Å²) in [5.74, 6) is -0.405. The molecule has 0 spiro atoms. The summed E-state index contributed by atoms with van der Waals surface area (Å²) in [4.78, 5) is 0.184. The number of benzene rings is 2. The van der Waals surface area contributed by atoms with Crippen molar-refractivity contribution in [2.45, 2.75) is 4.90 Å². The smallest absolute Gasteiger partial charge is 0.264 e. The van der Waals surface area contributed by atoms with Crippen LogP contribution in [0.2, 0.25) is 0 Å². The first kappa shape index (κ1) is 14.3. The second kappa shape index (κ2) is 5.50. The zero-order valence-electron chi connectivity index (χ0n) is 11.2. The molecule has 4 nitrogen and oxygen atoms in total. The van der Waals surface area contributed by atoms with Crippen molar-refractivity contribution in [3.05, 3.63) is 54.3 Å². The molecule has 2 rings (SSSR count). The van der Waals surface area contributed by atoms with E-state index in [-0.39, 0.29) is 4.90 Å². The molecule has 0 aliphatic heterocycles. The van der Waals surface area contributed by atoms with Gasteiger partial charge in [0.25, 0.3) is 10.0 Å². The third-order valence-electron chi connectivity index (χ3n) is 2.99. The maximum absolute atomic E-state index is 12.9. The number of hydrogen-bond acceptors (Lipinski definition) is 3. The van der Waals surface area contributed by atoms with Crippen LogP contribution in [0.1, 0.15) is 0 Å². The van der Waals surface area contributed by atoms with Gasteiger partial charge in [-0.1, -0.05) is 0 Å². The van der Waals surface area contributed by atoms with E-state index in [4.69, 9.17) is 0 Å². The topological polar surface area (TPSA) is 49.4 Å². The Labute approximate surface area is 117 Å². The molecular weight excluding hydrogens is 279 g/mol. The Morgan fingerprint density at radius 1 is 1.00 bits per heavy atom. The van der Waals surface area contributed by atoms with Gasteiger partial charge in [-0.3, -0.25) is 4.31 Å². The fraction of sp³-hybridized carbons (Fsp3) is 0.143. The van der Waals surface area contributed by atoms with Gasteiger partial charge in [-0.15, -0.1) is 0 Å². The van der Waals surface area contributed by atoms with Crippen molar-refractivity contribution in [1.82, 2.24) is 0 Å². The molecule has 6 heteroatoms. The van der Waals surface area contributed by atoms with E-state index in [1.165, 1.54) is 43.4 Å². The van der Waals surface area contributed by atoms with Gasteiger partial charge in [0.15, 0.2) is 0 Å². The summed E-state index contributed by atoms with van der Waals surface area (Å²) in [6.07, 6.45) is 0. The lowest BCUT2D eigenvalue weighted by Crippen LogP contribution is -2.26. The lowest BCUT2D eigenvalue weighted by Gasteiger charge is -2.19. The molecule has 0 amide bonds. The molecule has 0 aromatic heterocycles. The molecular formula is C14H15FN2O2S. The predicted molar refractivity (Wildman–Crippen MR) is 78.0 cm³/mol. The molecule has 0 bridgehead atoms. The van der Waals surface area contributed by atoms with Crippen molar-refractivity contribution in [3.63, 3.8) is 0 Å². The van der Waals surface area contributed by atoms with Crippen LogP contribution >= 0.6 is 0 Å². The Morgan fingerprint density at radius 3 is 2.05 bits per heavy atom. The number of anilines is 2. The predicted octanol–water partition coefficient (Wildman–Crippen LogP) is 2.69. The van der Waals surface area contributed by atoms with Crippen molar-refractivity contribution in [2.24, 2.45) is 0 Å². The quantitative estimate of drug-likeness (QED) is 0.943. The molecule has 0 atom stereocenters. The monoisotopic (exact) mass is 294 g/mol. The van der Waals surface area contributed by atoms with Crippen molar-refractivity contribution in [2.75, 3.05) is 23.7 Å². The van der Waals surface area contributed by atoms with E-state index in [1.807, 2.05) is 0 Å². The first-order valence-electron chi connectivity index (χ1n) is 5.97. The van der Waals surface area contributed by atoms with E-state index in [0.29, 0.717) is 5.69 Å². The highest BCUT2D eigenvalue weighted by Gasteiger charge is 2.21. The standard InChI is InChI=1S/C14H15FN2O2S/c1-16-12-5-9-14(10-6-12)20(18,19)17(2)13-7-3-11(15)4-8-13/h3-10,16H,1-2H3. The Balaban J connectivity index is 2.35. The summed E-state index contributed by atoms with van der Waals surface area (Å²) in [5.41, 5.74) is 1.23. The second-order valence-electron chi connectivity index (χ2n) is 4.22. The third-order valence-corrected chi connectivity index (χ3v) is 4.79. The normalized spacial score (nSPS) is 11.2. The molecule has 0 heterocycles. The van der Waals surface area contributed by atoms with Crippen LogP contribution in [0.5, 0.6) is 0 Å². The molecule has 0 aliphatic carbocycles. The zero-order valence-corrected chi connectivity index (χ0v) is 12.0. The van der Waals surface area contributed by atoms with Crippen molar-refractivity contribution >= 4 is 21.4 Å². The molecule has 106 valence electrons. The fourth-order valence-corrected chi connectivity index (χ4v) is 2.94. The number of rotatable bonds is 4. The van der Waals surface area contributed by atoms with Crippen LogP contribution in [-0.2, 0) is 10.0 Å². The minimum Gasteiger partial charge on any atom is -0.388 e. The minimum absolute atomic E-state index is 0.184. The lowest BCUT2D eigenvalue weighted by atomic mass is 10.3. The van der Waals surface area contributed by atoms with Gasteiger partial charge in [0.2, 0.25) is 0 Å². The highest BCUT2D eigenvalue weighted by Crippen LogP contribution is 2.23. The Hall–Kier alpha value is -2.08. The van der Waals surface area contributed by atoms with E-state index < -0.39 is 15.8 Å². The molecule has 0 radical (unpaired) electrons. The molecule has 20 heavy (non-hydrogen) atoms. The number of hydrogen-bond donors (Lipinski definition) is 1. The first-order chi connectivity index (χ1) is 9.45. The third kappa shape index (κ3) is 2.75. The van der Waals surface area contributed by atoms with Gasteiger partial charge in [-0.25, -0.2) is 12.8 Å². The molecule has 0 unspecified atom stereocenters. The minimum atomic E-state index is -3.65. The lowest BCUT2D eigenvalue weighted by molar-refractivity contribution is 0.594. The molecule has 2 aromatic carbocycles. The van der Waals surface area contributed by atoms with Crippen LogP contribution in [0.25, 0.3) is 0 Å². The fourth-order valence-electron chi connectivity index (χ4n) is 1.74. The van der Waals surface area contributed by atoms with Crippen LogP contribution in [-0.4, -0.2) is 22.5 Å². The average Bonchev–Trinajstić information content (AvgIpc) is 2.47. The van der Waals surface area contributed by atoms with Crippen LogP contribution in [0.3, 0.4) is 0 Å². The van der Waals surface area contributed by atoms with Crippen LogP contribution in [0.15, 0.2) is 53.4 Å². The molecule has 0 saturated heterocycles. The van der Waals surface area contributed by atoms with E-state index in [0.717, 1.165) is 9.99 Å². The van der Waals surface area contributed by atoms with E-state index in [2.05, 4.69) is 5.32 Å². The summed E-state index contributed by atoms with van der Waals surface area (Å²) >= 11 is 0. The van der Waals surface area contributed by atoms with Crippen LogP contribution in [0.4, 0.5) is 15.8 Å². The first-order valence-corrected chi connectivity index (χ1v) is 7.41. The van der Waals surface area contributed by atoms with Gasteiger partial charge >= 0.3 is 0 Å². The maximum atomic E-state index is 12.9. The van der Waals surface area contributed by atoms with Gasteiger partial charge in [-0.2, -0.15) is 0 Å². The van der Waals surface area contributed by atoms with Crippen LogP contribution < -0.4 is 9.62 Å². The summed E-state index contributed by atoms with van der Waals surface area (Å²) in [6.45, 7) is 0. The Morgan fingerprint density at radius 2 is 1.55 bits per heavy atom. The van der Waals surface area contributed by atoms with Crippen molar-refractivity contribution in [1.29, 1.82) is 0 Å². The van der Waals surface area contributed by atoms with E-state index in [9.17, 15) is 12.8 Å².